The minimum absolute atomic E-state index is 0.148. The molecule has 2 saturated carbocycles. The Morgan fingerprint density at radius 2 is 2.05 bits per heavy atom. The Bertz CT molecular complexity index is 705. The summed E-state index contributed by atoms with van der Waals surface area (Å²) in [5.74, 6) is 1.22. The number of sulfonamides is 1. The van der Waals surface area contributed by atoms with Crippen LogP contribution in [0.2, 0.25) is 5.02 Å². The highest BCUT2D eigenvalue weighted by Crippen LogP contribution is 2.44. The zero-order chi connectivity index (χ0) is 15.9. The molecule has 0 heterocycles. The second-order valence-corrected chi connectivity index (χ2v) is 8.48. The molecule has 0 spiro atoms. The molecule has 2 fully saturated rings. The summed E-state index contributed by atoms with van der Waals surface area (Å²) in [7, 11) is -3.39. The Balaban J connectivity index is 1.69. The summed E-state index contributed by atoms with van der Waals surface area (Å²) in [4.78, 5) is 12.3. The van der Waals surface area contributed by atoms with Crippen molar-refractivity contribution in [1.29, 1.82) is 0 Å². The first-order valence-corrected chi connectivity index (χ1v) is 9.67. The van der Waals surface area contributed by atoms with Crippen LogP contribution in [0.5, 0.6) is 0 Å². The molecule has 2 aliphatic carbocycles. The predicted molar refractivity (Wildman–Crippen MR) is 86.6 cm³/mol. The Morgan fingerprint density at radius 3 is 2.59 bits per heavy atom. The lowest BCUT2D eigenvalue weighted by Gasteiger charge is -2.23. The molecule has 1 aromatic rings. The van der Waals surface area contributed by atoms with Crippen LogP contribution in [0.1, 0.15) is 36.0 Å². The normalized spacial score (nSPS) is 26.9. The van der Waals surface area contributed by atoms with Crippen molar-refractivity contribution in [2.75, 3.05) is 11.0 Å². The molecule has 0 aliphatic heterocycles. The summed E-state index contributed by atoms with van der Waals surface area (Å²) in [6, 6.07) is 4.86. The van der Waals surface area contributed by atoms with Crippen LogP contribution in [-0.4, -0.2) is 26.6 Å². The number of carbonyl (C=O) groups is 1. The summed E-state index contributed by atoms with van der Waals surface area (Å²) in [6.45, 7) is 0. The zero-order valence-electron chi connectivity index (χ0n) is 12.3. The molecule has 0 radical (unpaired) electrons. The van der Waals surface area contributed by atoms with E-state index in [0.29, 0.717) is 11.5 Å². The van der Waals surface area contributed by atoms with Gasteiger partial charge in [-0.3, -0.25) is 9.52 Å². The highest BCUT2D eigenvalue weighted by molar-refractivity contribution is 7.92. The molecule has 0 aromatic heterocycles. The Hall–Kier alpha value is -1.27. The lowest BCUT2D eigenvalue weighted by Crippen LogP contribution is -2.38. The monoisotopic (exact) mass is 342 g/mol. The number of rotatable bonds is 4. The van der Waals surface area contributed by atoms with Crippen LogP contribution >= 0.6 is 11.6 Å². The van der Waals surface area contributed by atoms with Gasteiger partial charge in [-0.05, 0) is 49.3 Å². The number of hydrogen-bond acceptors (Lipinski definition) is 3. The molecule has 0 unspecified atom stereocenters. The number of fused-ring (bicyclic) bond motifs is 2. The van der Waals surface area contributed by atoms with Gasteiger partial charge in [-0.15, -0.1) is 0 Å². The molecule has 3 rings (SSSR count). The summed E-state index contributed by atoms with van der Waals surface area (Å²) in [6.07, 6.45) is 5.84. The number of benzene rings is 1. The molecule has 5 nitrogen and oxygen atoms in total. The number of halogens is 1. The van der Waals surface area contributed by atoms with Crippen molar-refractivity contribution in [3.63, 3.8) is 0 Å². The van der Waals surface area contributed by atoms with Crippen LogP contribution in [0, 0.1) is 11.8 Å². The number of anilines is 1. The summed E-state index contributed by atoms with van der Waals surface area (Å²) >= 11 is 6.05. The summed E-state index contributed by atoms with van der Waals surface area (Å²) in [5.41, 5.74) is 0.729. The van der Waals surface area contributed by atoms with Gasteiger partial charge in [0.05, 0.1) is 17.0 Å². The molecule has 2 N–H and O–H groups in total. The average Bonchev–Trinajstić information content (AvgIpc) is 3.02. The van der Waals surface area contributed by atoms with Gasteiger partial charge in [0.15, 0.2) is 0 Å². The molecule has 3 atom stereocenters. The van der Waals surface area contributed by atoms with Crippen LogP contribution in [-0.2, 0) is 10.0 Å². The largest absolute Gasteiger partial charge is 0.349 e. The third kappa shape index (κ3) is 3.38. The zero-order valence-corrected chi connectivity index (χ0v) is 13.9. The lowest BCUT2D eigenvalue weighted by molar-refractivity contribution is 0.0923. The van der Waals surface area contributed by atoms with Crippen molar-refractivity contribution in [2.45, 2.75) is 31.7 Å². The molecule has 22 heavy (non-hydrogen) atoms. The van der Waals surface area contributed by atoms with Gasteiger partial charge in [0.25, 0.3) is 5.91 Å². The molecule has 120 valence electrons. The fourth-order valence-corrected chi connectivity index (χ4v) is 4.47. The average molecular weight is 343 g/mol. The van der Waals surface area contributed by atoms with Crippen molar-refractivity contribution >= 4 is 33.2 Å². The van der Waals surface area contributed by atoms with E-state index < -0.39 is 10.0 Å². The fourth-order valence-electron chi connectivity index (χ4n) is 3.61. The van der Waals surface area contributed by atoms with Crippen molar-refractivity contribution in [1.82, 2.24) is 5.32 Å². The highest BCUT2D eigenvalue weighted by Gasteiger charge is 2.40. The molecule has 2 bridgehead atoms. The van der Waals surface area contributed by atoms with Crippen molar-refractivity contribution < 1.29 is 13.2 Å². The van der Waals surface area contributed by atoms with Gasteiger partial charge >= 0.3 is 0 Å². The standard InChI is InChI=1S/C15H19ClN2O3S/c1-22(20,21)18-13-5-4-11(8-12(13)16)15(19)17-14-7-9-2-3-10(14)6-9/h4-5,8-10,14,18H,2-3,6-7H2,1H3,(H,17,19)/t9-,10-,14-/m1/s1. The van der Waals surface area contributed by atoms with Gasteiger partial charge in [0.2, 0.25) is 10.0 Å². The van der Waals surface area contributed by atoms with Crippen molar-refractivity contribution in [3.05, 3.63) is 28.8 Å². The number of carbonyl (C=O) groups excluding carboxylic acids is 1. The smallest absolute Gasteiger partial charge is 0.251 e. The molecule has 7 heteroatoms. The van der Waals surface area contributed by atoms with E-state index in [2.05, 4.69) is 10.0 Å². The second kappa shape index (κ2) is 5.74. The minimum Gasteiger partial charge on any atom is -0.349 e. The molecule has 2 aliphatic rings. The molecule has 0 saturated heterocycles. The Morgan fingerprint density at radius 1 is 1.27 bits per heavy atom. The lowest BCUT2D eigenvalue weighted by atomic mass is 9.95. The second-order valence-electron chi connectivity index (χ2n) is 6.32. The van der Waals surface area contributed by atoms with Gasteiger partial charge in [0, 0.05) is 11.6 Å². The van der Waals surface area contributed by atoms with Crippen LogP contribution in [0.3, 0.4) is 0 Å². The van der Waals surface area contributed by atoms with Crippen LogP contribution < -0.4 is 10.0 Å². The topological polar surface area (TPSA) is 75.3 Å². The van der Waals surface area contributed by atoms with E-state index in [4.69, 9.17) is 11.6 Å². The molecular weight excluding hydrogens is 324 g/mol. The quantitative estimate of drug-likeness (QED) is 0.883. The van der Waals surface area contributed by atoms with E-state index in [9.17, 15) is 13.2 Å². The van der Waals surface area contributed by atoms with Gasteiger partial charge in [-0.2, -0.15) is 0 Å². The SMILES string of the molecule is CS(=O)(=O)Nc1ccc(C(=O)N[C@@H]2C[C@@H]3CC[C@@H]2C3)cc1Cl. The van der Waals surface area contributed by atoms with E-state index in [1.54, 1.807) is 6.07 Å². The van der Waals surface area contributed by atoms with Gasteiger partial charge in [0.1, 0.15) is 0 Å². The maximum Gasteiger partial charge on any atom is 0.251 e. The van der Waals surface area contributed by atoms with Gasteiger partial charge in [-0.1, -0.05) is 18.0 Å². The van der Waals surface area contributed by atoms with E-state index in [-0.39, 0.29) is 22.7 Å². The van der Waals surface area contributed by atoms with E-state index in [1.165, 1.54) is 31.4 Å². The molecule has 1 amide bonds. The van der Waals surface area contributed by atoms with Crippen LogP contribution in [0.4, 0.5) is 5.69 Å². The maximum absolute atomic E-state index is 12.3. The Labute approximate surface area is 135 Å². The van der Waals surface area contributed by atoms with Crippen molar-refractivity contribution in [2.24, 2.45) is 11.8 Å². The van der Waals surface area contributed by atoms with Gasteiger partial charge < -0.3 is 5.32 Å². The number of amides is 1. The van der Waals surface area contributed by atoms with Crippen LogP contribution in [0.15, 0.2) is 18.2 Å². The summed E-state index contributed by atoms with van der Waals surface area (Å²) in [5, 5.41) is 3.30. The highest BCUT2D eigenvalue weighted by atomic mass is 35.5. The number of hydrogen-bond donors (Lipinski definition) is 2. The summed E-state index contributed by atoms with van der Waals surface area (Å²) < 4.78 is 24.8. The maximum atomic E-state index is 12.3. The van der Waals surface area contributed by atoms with Gasteiger partial charge in [-0.25, -0.2) is 8.42 Å². The first-order valence-electron chi connectivity index (χ1n) is 7.40. The third-order valence-electron chi connectivity index (χ3n) is 4.58. The minimum atomic E-state index is -3.39. The fraction of sp³-hybridized carbons (Fsp3) is 0.533. The van der Waals surface area contributed by atoms with E-state index in [0.717, 1.165) is 18.6 Å². The first kappa shape index (κ1) is 15.6. The Kier molecular flexibility index (Phi) is 4.07. The van der Waals surface area contributed by atoms with E-state index in [1.807, 2.05) is 0 Å². The predicted octanol–water partition coefficient (Wildman–Crippen LogP) is 2.63. The number of nitrogens with one attached hydrogen (secondary N) is 2. The third-order valence-corrected chi connectivity index (χ3v) is 5.48. The van der Waals surface area contributed by atoms with E-state index >= 15 is 0 Å². The van der Waals surface area contributed by atoms with Crippen LogP contribution in [0.25, 0.3) is 0 Å². The van der Waals surface area contributed by atoms with Crippen molar-refractivity contribution in [3.8, 4) is 0 Å². The molecule has 1 aromatic carbocycles. The first-order chi connectivity index (χ1) is 10.3. The molecular formula is C15H19ClN2O3S.